The van der Waals surface area contributed by atoms with Crippen molar-refractivity contribution in [1.29, 1.82) is 0 Å². The van der Waals surface area contributed by atoms with E-state index in [1.165, 1.54) is 5.56 Å². The standard InChI is InChI=1S/C14H13BrNO.HI/c1-11-6-8-16(9-7-11)10-14(17)12-2-4-13(15)5-3-12;/h2-9H,10H2,1H3;1H/q+1;/p-1. The first-order valence-electron chi connectivity index (χ1n) is 5.39. The van der Waals surface area contributed by atoms with Crippen LogP contribution in [-0.2, 0) is 6.54 Å². The van der Waals surface area contributed by atoms with Crippen molar-refractivity contribution < 1.29 is 33.3 Å². The number of aromatic nitrogens is 1. The van der Waals surface area contributed by atoms with Gasteiger partial charge in [-0.2, -0.15) is 4.57 Å². The third kappa shape index (κ3) is 4.17. The number of hydrogen-bond donors (Lipinski definition) is 0. The maximum atomic E-state index is 12.0. The summed E-state index contributed by atoms with van der Waals surface area (Å²) in [6, 6.07) is 11.4. The predicted octanol–water partition coefficient (Wildman–Crippen LogP) is -0.0681. The number of ketones is 1. The van der Waals surface area contributed by atoms with Gasteiger partial charge in [0.15, 0.2) is 12.4 Å². The van der Waals surface area contributed by atoms with Gasteiger partial charge in [0.1, 0.15) is 0 Å². The normalized spacial score (nSPS) is 9.67. The molecule has 1 aromatic carbocycles. The van der Waals surface area contributed by atoms with Crippen LogP contribution < -0.4 is 28.5 Å². The Morgan fingerprint density at radius 2 is 1.67 bits per heavy atom. The minimum Gasteiger partial charge on any atom is -1.00 e. The van der Waals surface area contributed by atoms with Crippen LogP contribution in [0.1, 0.15) is 15.9 Å². The molecule has 0 unspecified atom stereocenters. The van der Waals surface area contributed by atoms with Gasteiger partial charge in [0, 0.05) is 22.2 Å². The Kier molecular flexibility index (Phi) is 5.95. The predicted molar refractivity (Wildman–Crippen MR) is 69.8 cm³/mol. The van der Waals surface area contributed by atoms with Crippen LogP contribution in [0, 0.1) is 6.92 Å². The fourth-order valence-corrected chi connectivity index (χ4v) is 1.79. The third-order valence-electron chi connectivity index (χ3n) is 2.55. The van der Waals surface area contributed by atoms with Crippen LogP contribution in [0.25, 0.3) is 0 Å². The molecule has 0 atom stereocenters. The zero-order valence-electron chi connectivity index (χ0n) is 9.94. The van der Waals surface area contributed by atoms with E-state index in [0.717, 1.165) is 10.0 Å². The maximum absolute atomic E-state index is 12.0. The Morgan fingerprint density at radius 3 is 2.22 bits per heavy atom. The Morgan fingerprint density at radius 1 is 1.11 bits per heavy atom. The largest absolute Gasteiger partial charge is 1.00 e. The van der Waals surface area contributed by atoms with E-state index in [2.05, 4.69) is 15.9 Å². The minimum atomic E-state index is 0. The first kappa shape index (κ1) is 15.3. The van der Waals surface area contributed by atoms with Crippen LogP contribution in [0.5, 0.6) is 0 Å². The number of pyridine rings is 1. The third-order valence-corrected chi connectivity index (χ3v) is 3.08. The van der Waals surface area contributed by atoms with E-state index in [1.54, 1.807) is 0 Å². The van der Waals surface area contributed by atoms with Crippen molar-refractivity contribution in [1.82, 2.24) is 0 Å². The van der Waals surface area contributed by atoms with E-state index < -0.39 is 0 Å². The fourth-order valence-electron chi connectivity index (χ4n) is 1.53. The smallest absolute Gasteiger partial charge is 0.227 e. The second-order valence-electron chi connectivity index (χ2n) is 3.98. The minimum absolute atomic E-state index is 0. The number of carbonyl (C=O) groups is 1. The zero-order chi connectivity index (χ0) is 12.3. The van der Waals surface area contributed by atoms with E-state index in [-0.39, 0.29) is 29.8 Å². The van der Waals surface area contributed by atoms with E-state index in [0.29, 0.717) is 6.54 Å². The van der Waals surface area contributed by atoms with Crippen molar-refractivity contribution in [3.8, 4) is 0 Å². The van der Waals surface area contributed by atoms with Crippen LogP contribution in [-0.4, -0.2) is 5.78 Å². The molecule has 0 fully saturated rings. The molecule has 0 aliphatic carbocycles. The van der Waals surface area contributed by atoms with E-state index in [4.69, 9.17) is 0 Å². The molecule has 1 heterocycles. The van der Waals surface area contributed by atoms with E-state index in [9.17, 15) is 4.79 Å². The molecular weight excluding hydrogens is 405 g/mol. The summed E-state index contributed by atoms with van der Waals surface area (Å²) >= 11 is 3.35. The van der Waals surface area contributed by atoms with Gasteiger partial charge in [-0.05, 0) is 24.6 Å². The highest BCUT2D eigenvalue weighted by molar-refractivity contribution is 9.10. The molecule has 1 aromatic heterocycles. The molecule has 18 heavy (non-hydrogen) atoms. The Balaban J connectivity index is 0.00000162. The summed E-state index contributed by atoms with van der Waals surface area (Å²) in [7, 11) is 0. The molecule has 0 amide bonds. The molecule has 0 saturated heterocycles. The molecule has 0 saturated carbocycles. The van der Waals surface area contributed by atoms with Gasteiger partial charge in [-0.3, -0.25) is 4.79 Å². The van der Waals surface area contributed by atoms with Crippen molar-refractivity contribution >= 4 is 21.7 Å². The maximum Gasteiger partial charge on any atom is 0.227 e. The lowest BCUT2D eigenvalue weighted by molar-refractivity contribution is -0.683. The van der Waals surface area contributed by atoms with Crippen LogP contribution in [0.2, 0.25) is 0 Å². The first-order valence-corrected chi connectivity index (χ1v) is 6.19. The molecule has 2 rings (SSSR count). The van der Waals surface area contributed by atoms with Gasteiger partial charge in [-0.1, -0.05) is 28.1 Å². The zero-order valence-corrected chi connectivity index (χ0v) is 13.7. The summed E-state index contributed by atoms with van der Waals surface area (Å²) in [6.07, 6.45) is 3.85. The monoisotopic (exact) mass is 417 g/mol. The number of nitrogens with zero attached hydrogens (tertiary/aromatic N) is 1. The highest BCUT2D eigenvalue weighted by Gasteiger charge is 2.11. The Bertz CT molecular complexity index is 522. The van der Waals surface area contributed by atoms with Gasteiger partial charge >= 0.3 is 0 Å². The second kappa shape index (κ2) is 6.99. The molecule has 2 aromatic rings. The number of hydrogen-bond acceptors (Lipinski definition) is 1. The van der Waals surface area contributed by atoms with Crippen molar-refractivity contribution in [2.75, 3.05) is 0 Å². The number of carbonyl (C=O) groups excluding carboxylic acids is 1. The average Bonchev–Trinajstić information content (AvgIpc) is 2.33. The number of benzene rings is 1. The lowest BCUT2D eigenvalue weighted by Gasteiger charge is -1.99. The van der Waals surface area contributed by atoms with Crippen molar-refractivity contribution in [2.24, 2.45) is 0 Å². The molecule has 0 N–H and O–H groups in total. The molecule has 0 aliphatic rings. The van der Waals surface area contributed by atoms with E-state index in [1.807, 2.05) is 60.3 Å². The summed E-state index contributed by atoms with van der Waals surface area (Å²) in [6.45, 7) is 2.41. The summed E-state index contributed by atoms with van der Waals surface area (Å²) in [5.41, 5.74) is 1.93. The van der Waals surface area contributed by atoms with Gasteiger partial charge in [0.05, 0.1) is 0 Å². The highest BCUT2D eigenvalue weighted by Crippen LogP contribution is 2.10. The summed E-state index contributed by atoms with van der Waals surface area (Å²) in [5, 5.41) is 0. The highest BCUT2D eigenvalue weighted by atomic mass is 127. The quantitative estimate of drug-likeness (QED) is 0.389. The summed E-state index contributed by atoms with van der Waals surface area (Å²) in [4.78, 5) is 12.0. The van der Waals surface area contributed by atoms with Gasteiger partial charge in [0.25, 0.3) is 0 Å². The van der Waals surface area contributed by atoms with Gasteiger partial charge in [-0.15, -0.1) is 0 Å². The molecule has 4 heteroatoms. The van der Waals surface area contributed by atoms with Crippen LogP contribution >= 0.6 is 15.9 Å². The first-order chi connectivity index (χ1) is 8.15. The Labute approximate surface area is 132 Å². The van der Waals surface area contributed by atoms with Crippen LogP contribution in [0.15, 0.2) is 53.3 Å². The lowest BCUT2D eigenvalue weighted by atomic mass is 10.1. The van der Waals surface area contributed by atoms with Crippen molar-refractivity contribution in [2.45, 2.75) is 13.5 Å². The topological polar surface area (TPSA) is 20.9 Å². The molecule has 94 valence electrons. The van der Waals surface area contributed by atoms with Gasteiger partial charge in [-0.25, -0.2) is 0 Å². The molecule has 0 bridgehead atoms. The second-order valence-corrected chi connectivity index (χ2v) is 4.89. The number of aryl methyl sites for hydroxylation is 1. The number of rotatable bonds is 3. The lowest BCUT2D eigenvalue weighted by Crippen LogP contribution is -3.00. The molecule has 0 radical (unpaired) electrons. The summed E-state index contributed by atoms with van der Waals surface area (Å²) in [5.74, 6) is 0.117. The summed E-state index contributed by atoms with van der Waals surface area (Å²) < 4.78 is 2.87. The molecule has 0 spiro atoms. The molecule has 2 nitrogen and oxygen atoms in total. The number of Topliss-reactive ketones (excluding diaryl/α,β-unsaturated/α-hetero) is 1. The SMILES string of the molecule is Cc1cc[n+](CC(=O)c2ccc(Br)cc2)cc1.[I-]. The number of halogens is 2. The van der Waals surface area contributed by atoms with Crippen LogP contribution in [0.4, 0.5) is 0 Å². The fraction of sp³-hybridized carbons (Fsp3) is 0.143. The van der Waals surface area contributed by atoms with E-state index >= 15 is 0 Å². The molecular formula is C14H13BrINO. The Hall–Kier alpha value is -0.750. The van der Waals surface area contributed by atoms with Gasteiger partial charge < -0.3 is 24.0 Å². The molecule has 0 aliphatic heterocycles. The van der Waals surface area contributed by atoms with Crippen molar-refractivity contribution in [3.63, 3.8) is 0 Å². The van der Waals surface area contributed by atoms with Gasteiger partial charge in [0.2, 0.25) is 12.3 Å². The van der Waals surface area contributed by atoms with Crippen LogP contribution in [0.3, 0.4) is 0 Å². The average molecular weight is 418 g/mol. The van der Waals surface area contributed by atoms with Crippen molar-refractivity contribution in [3.05, 3.63) is 64.4 Å².